The quantitative estimate of drug-likeness (QED) is 0.861. The number of nitrogens with zero attached hydrogens (tertiary/aromatic N) is 3. The molecule has 0 aliphatic rings. The maximum Gasteiger partial charge on any atom is 0.271 e. The van der Waals surface area contributed by atoms with Gasteiger partial charge in [0.25, 0.3) is 5.91 Å². The van der Waals surface area contributed by atoms with Crippen molar-refractivity contribution < 1.29 is 9.90 Å². The summed E-state index contributed by atoms with van der Waals surface area (Å²) in [7, 11) is 1.56. The van der Waals surface area contributed by atoms with E-state index in [1.54, 1.807) is 36.3 Å². The third-order valence-corrected chi connectivity index (χ3v) is 2.81. The maximum atomic E-state index is 11.4. The van der Waals surface area contributed by atoms with E-state index in [1.165, 1.54) is 0 Å². The van der Waals surface area contributed by atoms with Crippen molar-refractivity contribution in [1.82, 2.24) is 20.1 Å². The number of aliphatic hydroxyl groups is 1. The Morgan fingerprint density at radius 3 is 2.84 bits per heavy atom. The lowest BCUT2D eigenvalue weighted by atomic mass is 10.2. The van der Waals surface area contributed by atoms with E-state index in [9.17, 15) is 9.90 Å². The molecule has 0 spiro atoms. The maximum absolute atomic E-state index is 11.4. The number of nitrogens with one attached hydrogen (secondary N) is 1. The predicted molar refractivity (Wildman–Crippen MR) is 70.0 cm³/mol. The van der Waals surface area contributed by atoms with Crippen LogP contribution < -0.4 is 5.32 Å². The second-order valence-corrected chi connectivity index (χ2v) is 4.09. The van der Waals surface area contributed by atoms with Crippen molar-refractivity contribution in [1.29, 1.82) is 0 Å². The summed E-state index contributed by atoms with van der Waals surface area (Å²) in [6.07, 6.45) is 3.38. The molecule has 0 fully saturated rings. The molecule has 2 rings (SSSR count). The van der Waals surface area contributed by atoms with Gasteiger partial charge in [-0.3, -0.25) is 9.78 Å². The SMILES string of the molecule is CC[C@H](O)c1ccc(-n2ccc(C(=O)NC)n2)cn1. The highest BCUT2D eigenvalue weighted by Gasteiger charge is 2.09. The fourth-order valence-corrected chi connectivity index (χ4v) is 1.66. The van der Waals surface area contributed by atoms with Crippen LogP contribution in [0.15, 0.2) is 30.6 Å². The first kappa shape index (κ1) is 13.2. The Morgan fingerprint density at radius 1 is 1.47 bits per heavy atom. The lowest BCUT2D eigenvalue weighted by Crippen LogP contribution is -2.18. The molecule has 0 saturated carbocycles. The van der Waals surface area contributed by atoms with Gasteiger partial charge in [-0.25, -0.2) is 4.68 Å². The van der Waals surface area contributed by atoms with Crippen LogP contribution in [0.3, 0.4) is 0 Å². The first-order chi connectivity index (χ1) is 9.15. The minimum absolute atomic E-state index is 0.232. The van der Waals surface area contributed by atoms with E-state index in [4.69, 9.17) is 0 Å². The number of carbonyl (C=O) groups excluding carboxylic acids is 1. The zero-order valence-corrected chi connectivity index (χ0v) is 10.9. The number of hydrogen-bond donors (Lipinski definition) is 2. The molecule has 0 radical (unpaired) electrons. The van der Waals surface area contributed by atoms with Gasteiger partial charge in [0.05, 0.1) is 23.7 Å². The van der Waals surface area contributed by atoms with Crippen LogP contribution in [-0.4, -0.2) is 32.8 Å². The molecule has 0 aliphatic heterocycles. The van der Waals surface area contributed by atoms with Crippen molar-refractivity contribution in [2.75, 3.05) is 7.05 Å². The molecule has 19 heavy (non-hydrogen) atoms. The van der Waals surface area contributed by atoms with E-state index in [1.807, 2.05) is 13.0 Å². The molecule has 1 amide bonds. The Morgan fingerprint density at radius 2 is 2.26 bits per heavy atom. The van der Waals surface area contributed by atoms with Crippen LogP contribution in [0.25, 0.3) is 5.69 Å². The molecule has 0 aromatic carbocycles. The van der Waals surface area contributed by atoms with E-state index in [0.717, 1.165) is 5.69 Å². The van der Waals surface area contributed by atoms with Crippen molar-refractivity contribution in [3.05, 3.63) is 42.0 Å². The Balaban J connectivity index is 2.22. The summed E-state index contributed by atoms with van der Waals surface area (Å²) in [4.78, 5) is 15.6. The van der Waals surface area contributed by atoms with E-state index in [2.05, 4.69) is 15.4 Å². The highest BCUT2D eigenvalue weighted by molar-refractivity contribution is 5.91. The second-order valence-electron chi connectivity index (χ2n) is 4.09. The molecule has 2 heterocycles. The molecule has 2 aromatic heterocycles. The molecule has 0 bridgehead atoms. The Bertz CT molecular complexity index is 562. The van der Waals surface area contributed by atoms with Crippen LogP contribution in [0.4, 0.5) is 0 Å². The minimum Gasteiger partial charge on any atom is -0.387 e. The van der Waals surface area contributed by atoms with Crippen molar-refractivity contribution in [3.63, 3.8) is 0 Å². The van der Waals surface area contributed by atoms with Crippen LogP contribution in [0.5, 0.6) is 0 Å². The number of carbonyl (C=O) groups is 1. The standard InChI is InChI=1S/C13H16N4O2/c1-3-12(18)10-5-4-9(8-15-10)17-7-6-11(16-17)13(19)14-2/h4-8,12,18H,3H2,1-2H3,(H,14,19)/t12-/m0/s1. The largest absolute Gasteiger partial charge is 0.387 e. The van der Waals surface area contributed by atoms with Gasteiger partial charge in [-0.1, -0.05) is 6.92 Å². The van der Waals surface area contributed by atoms with Gasteiger partial charge in [-0.05, 0) is 24.6 Å². The smallest absolute Gasteiger partial charge is 0.271 e. The summed E-state index contributed by atoms with van der Waals surface area (Å²) in [5.41, 5.74) is 1.72. The van der Waals surface area contributed by atoms with Crippen LogP contribution in [-0.2, 0) is 0 Å². The monoisotopic (exact) mass is 260 g/mol. The first-order valence-electron chi connectivity index (χ1n) is 6.07. The zero-order chi connectivity index (χ0) is 13.8. The normalized spacial score (nSPS) is 12.2. The third kappa shape index (κ3) is 2.79. The number of amides is 1. The molecule has 1 atom stereocenters. The fraction of sp³-hybridized carbons (Fsp3) is 0.308. The number of pyridine rings is 1. The van der Waals surface area contributed by atoms with Crippen LogP contribution in [0.2, 0.25) is 0 Å². The topological polar surface area (TPSA) is 80.0 Å². The number of aliphatic hydroxyl groups excluding tert-OH is 1. The molecule has 0 aliphatic carbocycles. The Labute approximate surface area is 111 Å². The Hall–Kier alpha value is -2.21. The zero-order valence-electron chi connectivity index (χ0n) is 10.9. The molecular weight excluding hydrogens is 244 g/mol. The van der Waals surface area contributed by atoms with Crippen molar-refractivity contribution in [2.45, 2.75) is 19.4 Å². The fourth-order valence-electron chi connectivity index (χ4n) is 1.66. The van der Waals surface area contributed by atoms with Crippen molar-refractivity contribution in [2.24, 2.45) is 0 Å². The molecule has 0 saturated heterocycles. The van der Waals surface area contributed by atoms with E-state index in [0.29, 0.717) is 17.8 Å². The third-order valence-electron chi connectivity index (χ3n) is 2.81. The van der Waals surface area contributed by atoms with E-state index < -0.39 is 6.10 Å². The summed E-state index contributed by atoms with van der Waals surface area (Å²) >= 11 is 0. The van der Waals surface area contributed by atoms with E-state index in [-0.39, 0.29) is 5.91 Å². The van der Waals surface area contributed by atoms with Gasteiger partial charge >= 0.3 is 0 Å². The van der Waals surface area contributed by atoms with Gasteiger partial charge in [-0.2, -0.15) is 5.10 Å². The van der Waals surface area contributed by atoms with Gasteiger partial charge in [0.1, 0.15) is 0 Å². The summed E-state index contributed by atoms with van der Waals surface area (Å²) < 4.78 is 1.57. The molecule has 6 nitrogen and oxygen atoms in total. The predicted octanol–water partition coefficient (Wildman–Crippen LogP) is 1.07. The molecule has 6 heteroatoms. The number of hydrogen-bond acceptors (Lipinski definition) is 4. The van der Waals surface area contributed by atoms with Gasteiger partial charge < -0.3 is 10.4 Å². The highest BCUT2D eigenvalue weighted by Crippen LogP contribution is 2.15. The molecular formula is C13H16N4O2. The van der Waals surface area contributed by atoms with Crippen molar-refractivity contribution in [3.8, 4) is 5.69 Å². The van der Waals surface area contributed by atoms with Gasteiger partial charge in [0.15, 0.2) is 5.69 Å². The van der Waals surface area contributed by atoms with Crippen LogP contribution in [0, 0.1) is 0 Å². The molecule has 100 valence electrons. The summed E-state index contributed by atoms with van der Waals surface area (Å²) in [5.74, 6) is -0.232. The summed E-state index contributed by atoms with van der Waals surface area (Å²) in [6.45, 7) is 1.89. The lowest BCUT2D eigenvalue weighted by Gasteiger charge is -2.07. The van der Waals surface area contributed by atoms with Crippen LogP contribution >= 0.6 is 0 Å². The van der Waals surface area contributed by atoms with E-state index >= 15 is 0 Å². The van der Waals surface area contributed by atoms with Gasteiger partial charge in [0.2, 0.25) is 0 Å². The summed E-state index contributed by atoms with van der Waals surface area (Å²) in [5, 5.41) is 16.3. The first-order valence-corrected chi connectivity index (χ1v) is 6.07. The van der Waals surface area contributed by atoms with Crippen LogP contribution in [0.1, 0.15) is 35.6 Å². The number of aromatic nitrogens is 3. The lowest BCUT2D eigenvalue weighted by molar-refractivity contribution is 0.0957. The minimum atomic E-state index is -0.548. The molecule has 2 N–H and O–H groups in total. The number of rotatable bonds is 4. The molecule has 2 aromatic rings. The summed E-state index contributed by atoms with van der Waals surface area (Å²) in [6, 6.07) is 5.19. The average molecular weight is 260 g/mol. The average Bonchev–Trinajstić information content (AvgIpc) is 2.95. The van der Waals surface area contributed by atoms with Gasteiger partial charge in [0, 0.05) is 13.2 Å². The Kier molecular flexibility index (Phi) is 3.91. The molecule has 0 unspecified atom stereocenters. The van der Waals surface area contributed by atoms with Crippen molar-refractivity contribution >= 4 is 5.91 Å². The van der Waals surface area contributed by atoms with Gasteiger partial charge in [-0.15, -0.1) is 0 Å². The second kappa shape index (κ2) is 5.62. The highest BCUT2D eigenvalue weighted by atomic mass is 16.3.